The van der Waals surface area contributed by atoms with Gasteiger partial charge in [-0.25, -0.2) is 0 Å². The monoisotopic (exact) mass is 409 g/mol. The van der Waals surface area contributed by atoms with Gasteiger partial charge < -0.3 is 4.57 Å². The van der Waals surface area contributed by atoms with Crippen molar-refractivity contribution in [2.75, 3.05) is 0 Å². The maximum absolute atomic E-state index is 2.36. The Balaban J connectivity index is 1.42. The van der Waals surface area contributed by atoms with Crippen molar-refractivity contribution in [1.82, 2.24) is 4.57 Å². The lowest BCUT2D eigenvalue weighted by Crippen LogP contribution is -1.94. The predicted octanol–water partition coefficient (Wildman–Crippen LogP) is 8.43. The SMILES string of the molecule is Cc1cc(-c2ccccc2)ccc1-c1ccc(-n2c3ccccc3c3ccccc32)cc1. The minimum Gasteiger partial charge on any atom is -0.309 e. The third kappa shape index (κ3) is 3.02. The van der Waals surface area contributed by atoms with Crippen molar-refractivity contribution < 1.29 is 0 Å². The lowest BCUT2D eigenvalue weighted by Gasteiger charge is -2.12. The van der Waals surface area contributed by atoms with Crippen LogP contribution < -0.4 is 0 Å². The molecular weight excluding hydrogens is 386 g/mol. The summed E-state index contributed by atoms with van der Waals surface area (Å²) in [5.41, 5.74) is 9.98. The highest BCUT2D eigenvalue weighted by Crippen LogP contribution is 2.33. The Labute approximate surface area is 188 Å². The molecule has 1 heterocycles. The molecular formula is C31H23N. The van der Waals surface area contributed by atoms with E-state index in [1.807, 2.05) is 0 Å². The van der Waals surface area contributed by atoms with E-state index < -0.39 is 0 Å². The number of nitrogens with zero attached hydrogens (tertiary/aromatic N) is 1. The van der Waals surface area contributed by atoms with E-state index >= 15 is 0 Å². The second kappa shape index (κ2) is 7.55. The van der Waals surface area contributed by atoms with Gasteiger partial charge in [0.2, 0.25) is 0 Å². The Hall–Kier alpha value is -4.10. The first kappa shape index (κ1) is 18.7. The smallest absolute Gasteiger partial charge is 0.0541 e. The molecule has 6 aromatic rings. The van der Waals surface area contributed by atoms with Crippen LogP contribution in [0.25, 0.3) is 49.7 Å². The van der Waals surface area contributed by atoms with E-state index in [0.717, 1.165) is 0 Å². The number of aryl methyl sites for hydroxylation is 1. The largest absolute Gasteiger partial charge is 0.309 e. The average molecular weight is 410 g/mol. The van der Waals surface area contributed by atoms with Crippen LogP contribution in [-0.4, -0.2) is 4.57 Å². The van der Waals surface area contributed by atoms with Gasteiger partial charge in [-0.2, -0.15) is 0 Å². The molecule has 152 valence electrons. The third-order valence-corrected chi connectivity index (χ3v) is 6.35. The molecule has 0 saturated heterocycles. The molecule has 5 aromatic carbocycles. The second-order valence-electron chi connectivity index (χ2n) is 8.31. The molecule has 0 atom stereocenters. The minimum atomic E-state index is 1.18. The highest BCUT2D eigenvalue weighted by molar-refractivity contribution is 6.09. The molecule has 0 spiro atoms. The van der Waals surface area contributed by atoms with Crippen LogP contribution in [0.2, 0.25) is 0 Å². The van der Waals surface area contributed by atoms with Crippen LogP contribution in [0.1, 0.15) is 5.56 Å². The van der Waals surface area contributed by atoms with Gasteiger partial charge in [-0.1, -0.05) is 97.1 Å². The van der Waals surface area contributed by atoms with Gasteiger partial charge in [0.1, 0.15) is 0 Å². The first-order valence-electron chi connectivity index (χ1n) is 11.0. The molecule has 0 amide bonds. The molecule has 1 nitrogen and oxygen atoms in total. The van der Waals surface area contributed by atoms with Gasteiger partial charge in [0.25, 0.3) is 0 Å². The van der Waals surface area contributed by atoms with Crippen LogP contribution >= 0.6 is 0 Å². The van der Waals surface area contributed by atoms with Crippen LogP contribution in [0.15, 0.2) is 121 Å². The summed E-state index contributed by atoms with van der Waals surface area (Å²) in [5.74, 6) is 0. The first-order valence-corrected chi connectivity index (χ1v) is 11.0. The summed E-state index contributed by atoms with van der Waals surface area (Å²) in [7, 11) is 0. The average Bonchev–Trinajstić information content (AvgIpc) is 3.19. The van der Waals surface area contributed by atoms with Gasteiger partial charge >= 0.3 is 0 Å². The molecule has 0 unspecified atom stereocenters. The zero-order valence-electron chi connectivity index (χ0n) is 18.0. The summed E-state index contributed by atoms with van der Waals surface area (Å²) < 4.78 is 2.36. The number of aromatic nitrogens is 1. The Morgan fingerprint density at radius 3 is 1.66 bits per heavy atom. The molecule has 0 fully saturated rings. The van der Waals surface area contributed by atoms with Crippen LogP contribution in [0.3, 0.4) is 0 Å². The van der Waals surface area contributed by atoms with Crippen molar-refractivity contribution >= 4 is 21.8 Å². The Morgan fingerprint density at radius 1 is 0.469 bits per heavy atom. The van der Waals surface area contributed by atoms with Gasteiger partial charge in [0.05, 0.1) is 11.0 Å². The van der Waals surface area contributed by atoms with Crippen LogP contribution in [0.4, 0.5) is 0 Å². The molecule has 32 heavy (non-hydrogen) atoms. The van der Waals surface area contributed by atoms with E-state index in [-0.39, 0.29) is 0 Å². The van der Waals surface area contributed by atoms with Crippen molar-refractivity contribution in [2.24, 2.45) is 0 Å². The third-order valence-electron chi connectivity index (χ3n) is 6.35. The fraction of sp³-hybridized carbons (Fsp3) is 0.0323. The lowest BCUT2D eigenvalue weighted by atomic mass is 9.95. The first-order chi connectivity index (χ1) is 15.8. The summed E-state index contributed by atoms with van der Waals surface area (Å²) in [6, 6.07) is 43.5. The van der Waals surface area contributed by atoms with Crippen molar-refractivity contribution in [3.63, 3.8) is 0 Å². The van der Waals surface area contributed by atoms with E-state index in [2.05, 4.69) is 133 Å². The van der Waals surface area contributed by atoms with Crippen LogP contribution in [-0.2, 0) is 0 Å². The van der Waals surface area contributed by atoms with Gasteiger partial charge in [-0.05, 0) is 59.0 Å². The summed E-state index contributed by atoms with van der Waals surface area (Å²) >= 11 is 0. The summed E-state index contributed by atoms with van der Waals surface area (Å²) in [6.45, 7) is 2.20. The minimum absolute atomic E-state index is 1.18. The molecule has 0 bridgehead atoms. The molecule has 1 heteroatoms. The van der Waals surface area contributed by atoms with E-state index in [0.29, 0.717) is 0 Å². The standard InChI is InChI=1S/C31H23N/c1-22-21-25(23-9-3-2-4-10-23)17-20-27(22)24-15-18-26(19-16-24)32-30-13-7-5-11-28(30)29-12-6-8-14-31(29)32/h2-21H,1H3. The number of fused-ring (bicyclic) bond motifs is 3. The van der Waals surface area contributed by atoms with E-state index in [1.54, 1.807) is 0 Å². The molecule has 6 rings (SSSR count). The Kier molecular flexibility index (Phi) is 4.40. The maximum atomic E-state index is 2.36. The molecule has 0 aliphatic carbocycles. The number of para-hydroxylation sites is 2. The van der Waals surface area contributed by atoms with Gasteiger partial charge in [-0.15, -0.1) is 0 Å². The van der Waals surface area contributed by atoms with Crippen LogP contribution in [0.5, 0.6) is 0 Å². The number of benzene rings is 5. The van der Waals surface area contributed by atoms with Crippen LogP contribution in [0, 0.1) is 6.92 Å². The molecule has 0 radical (unpaired) electrons. The summed E-state index contributed by atoms with van der Waals surface area (Å²) in [4.78, 5) is 0. The molecule has 1 aromatic heterocycles. The highest BCUT2D eigenvalue weighted by atomic mass is 15.0. The van der Waals surface area contributed by atoms with E-state index in [4.69, 9.17) is 0 Å². The number of hydrogen-bond acceptors (Lipinski definition) is 0. The molecule has 0 saturated carbocycles. The zero-order valence-corrected chi connectivity index (χ0v) is 18.0. The zero-order chi connectivity index (χ0) is 21.5. The quantitative estimate of drug-likeness (QED) is 0.276. The predicted molar refractivity (Wildman–Crippen MR) is 136 cm³/mol. The summed E-state index contributed by atoms with van der Waals surface area (Å²) in [6.07, 6.45) is 0. The fourth-order valence-electron chi connectivity index (χ4n) is 4.79. The number of hydrogen-bond donors (Lipinski definition) is 0. The van der Waals surface area contributed by atoms with Gasteiger partial charge in [-0.3, -0.25) is 0 Å². The molecule has 0 N–H and O–H groups in total. The fourth-order valence-corrected chi connectivity index (χ4v) is 4.79. The maximum Gasteiger partial charge on any atom is 0.0541 e. The number of rotatable bonds is 3. The van der Waals surface area contributed by atoms with Crippen molar-refractivity contribution in [1.29, 1.82) is 0 Å². The summed E-state index contributed by atoms with van der Waals surface area (Å²) in [5, 5.41) is 2.58. The normalized spacial score (nSPS) is 11.3. The molecule has 0 aliphatic rings. The van der Waals surface area contributed by atoms with E-state index in [1.165, 1.54) is 55.3 Å². The van der Waals surface area contributed by atoms with Gasteiger partial charge in [0, 0.05) is 16.5 Å². The van der Waals surface area contributed by atoms with Crippen molar-refractivity contribution in [3.8, 4) is 27.9 Å². The highest BCUT2D eigenvalue weighted by Gasteiger charge is 2.12. The lowest BCUT2D eigenvalue weighted by molar-refractivity contribution is 1.18. The van der Waals surface area contributed by atoms with Gasteiger partial charge in [0.15, 0.2) is 0 Å². The Morgan fingerprint density at radius 2 is 1.03 bits per heavy atom. The molecule has 0 aliphatic heterocycles. The van der Waals surface area contributed by atoms with Crippen molar-refractivity contribution in [2.45, 2.75) is 6.92 Å². The van der Waals surface area contributed by atoms with E-state index in [9.17, 15) is 0 Å². The topological polar surface area (TPSA) is 4.93 Å². The second-order valence-corrected chi connectivity index (χ2v) is 8.31. The Bertz CT molecular complexity index is 1500. The van der Waals surface area contributed by atoms with Crippen molar-refractivity contribution in [3.05, 3.63) is 127 Å².